The van der Waals surface area contributed by atoms with Crippen LogP contribution in [0.4, 0.5) is 5.82 Å². The van der Waals surface area contributed by atoms with Crippen LogP contribution in [0.15, 0.2) is 31.1 Å². The third kappa shape index (κ3) is 8.47. The topological polar surface area (TPSA) is 185 Å². The van der Waals surface area contributed by atoms with Gasteiger partial charge in [0.2, 0.25) is 0 Å². The summed E-state index contributed by atoms with van der Waals surface area (Å²) in [6.45, 7) is 13.8. The van der Waals surface area contributed by atoms with E-state index in [-0.39, 0.29) is 40.8 Å². The molecule has 0 aromatic carbocycles. The smallest absolute Gasteiger partial charge is 0.387 e. The molecule has 4 N–H and O–H groups in total. The number of thioether (sulfide) groups is 2. The van der Waals surface area contributed by atoms with Crippen LogP contribution in [0.5, 0.6) is 0 Å². The molecule has 0 bridgehead atoms. The summed E-state index contributed by atoms with van der Waals surface area (Å²) in [7, 11) is -4.27. The van der Waals surface area contributed by atoms with Crippen molar-refractivity contribution in [3.8, 4) is 0 Å². The number of aliphatic hydroxyl groups is 2. The monoisotopic (exact) mass is 660 g/mol. The van der Waals surface area contributed by atoms with Crippen molar-refractivity contribution in [3.05, 3.63) is 36.8 Å². The Bertz CT molecular complexity index is 1320. The number of hydrogen-bond donors (Lipinski definition) is 3. The number of carbonyl (C=O) groups is 2. The number of fused-ring (bicyclic) bond motifs is 1. The van der Waals surface area contributed by atoms with E-state index in [9.17, 15) is 24.4 Å². The number of carbonyl (C=O) groups excluding carboxylic acids is 2. The fourth-order valence-corrected chi connectivity index (χ4v) is 6.99. The first-order valence-electron chi connectivity index (χ1n) is 13.6. The molecule has 0 radical (unpaired) electrons. The van der Waals surface area contributed by atoms with Gasteiger partial charge in [-0.25, -0.2) is 14.1 Å². The van der Waals surface area contributed by atoms with Gasteiger partial charge in [0.15, 0.2) is 21.6 Å². The first kappa shape index (κ1) is 35.7. The summed E-state index contributed by atoms with van der Waals surface area (Å²) < 4.78 is 37.7. The van der Waals surface area contributed by atoms with Crippen LogP contribution in [0.1, 0.15) is 47.2 Å². The lowest BCUT2D eigenvalue weighted by Crippen LogP contribution is -2.40. The van der Waals surface area contributed by atoms with Crippen LogP contribution in [-0.4, -0.2) is 84.7 Å². The predicted molar refractivity (Wildman–Crippen MR) is 165 cm³/mol. The van der Waals surface area contributed by atoms with Crippen molar-refractivity contribution in [2.24, 2.45) is 10.8 Å². The van der Waals surface area contributed by atoms with Crippen LogP contribution < -0.4 is 5.73 Å². The third-order valence-corrected chi connectivity index (χ3v) is 10.4. The van der Waals surface area contributed by atoms with Gasteiger partial charge in [0, 0.05) is 22.3 Å². The first-order chi connectivity index (χ1) is 19.9. The van der Waals surface area contributed by atoms with Gasteiger partial charge in [-0.15, -0.1) is 0 Å². The maximum Gasteiger partial charge on any atom is 0.474 e. The molecule has 0 amide bonds. The third-order valence-electron chi connectivity index (χ3n) is 6.43. The molecule has 0 aliphatic carbocycles. The summed E-state index contributed by atoms with van der Waals surface area (Å²) in [4.78, 5) is 28.4. The quantitative estimate of drug-likeness (QED) is 0.161. The average molecular weight is 661 g/mol. The van der Waals surface area contributed by atoms with E-state index in [1.807, 2.05) is 0 Å². The molecule has 2 aromatic heterocycles. The lowest BCUT2D eigenvalue weighted by atomic mass is 9.91. The molecule has 16 heteroatoms. The van der Waals surface area contributed by atoms with Gasteiger partial charge in [0.1, 0.15) is 30.2 Å². The molecule has 3 rings (SSSR count). The van der Waals surface area contributed by atoms with Crippen molar-refractivity contribution in [1.82, 2.24) is 14.6 Å². The zero-order valence-corrected chi connectivity index (χ0v) is 27.7. The second-order valence-corrected chi connectivity index (χ2v) is 15.7. The molecular formula is C27H41N4O9PS2. The van der Waals surface area contributed by atoms with Gasteiger partial charge in [0.05, 0.1) is 25.5 Å². The number of nitrogens with two attached hydrogens (primary N) is 1. The molecule has 0 unspecified atom stereocenters. The van der Waals surface area contributed by atoms with E-state index in [1.54, 1.807) is 53.7 Å². The number of anilines is 1. The zero-order chi connectivity index (χ0) is 32.2. The molecule has 0 spiro atoms. The normalized spacial score (nSPS) is 23.1. The number of phosphoric acid groups is 1. The Morgan fingerprint density at radius 3 is 2.16 bits per heavy atom. The lowest BCUT2D eigenvalue weighted by molar-refractivity contribution is -0.118. The van der Waals surface area contributed by atoms with E-state index in [1.165, 1.54) is 16.9 Å². The average Bonchev–Trinajstić information content (AvgIpc) is 3.47. The largest absolute Gasteiger partial charge is 0.474 e. The molecular weight excluding hydrogens is 619 g/mol. The molecule has 43 heavy (non-hydrogen) atoms. The highest BCUT2D eigenvalue weighted by Crippen LogP contribution is 2.51. The van der Waals surface area contributed by atoms with E-state index in [0.29, 0.717) is 11.2 Å². The molecule has 4 atom stereocenters. The number of hydrogen-bond acceptors (Lipinski definition) is 14. The van der Waals surface area contributed by atoms with Gasteiger partial charge in [-0.3, -0.25) is 23.2 Å². The Hall–Kier alpha value is -1.81. The molecule has 1 aliphatic rings. The summed E-state index contributed by atoms with van der Waals surface area (Å²) >= 11 is 2.06. The van der Waals surface area contributed by atoms with Gasteiger partial charge >= 0.3 is 7.82 Å². The van der Waals surface area contributed by atoms with Crippen LogP contribution in [0.2, 0.25) is 0 Å². The highest BCUT2D eigenvalue weighted by Gasteiger charge is 2.55. The van der Waals surface area contributed by atoms with Gasteiger partial charge in [0.25, 0.3) is 0 Å². The van der Waals surface area contributed by atoms with Crippen molar-refractivity contribution in [2.75, 3.05) is 37.1 Å². The number of aliphatic hydroxyl groups excluding tert-OH is 2. The Balaban J connectivity index is 1.72. The summed E-state index contributed by atoms with van der Waals surface area (Å²) in [6, 6.07) is 3.26. The Morgan fingerprint density at radius 2 is 1.65 bits per heavy atom. The van der Waals surface area contributed by atoms with E-state index in [4.69, 9.17) is 24.0 Å². The van der Waals surface area contributed by atoms with Crippen LogP contribution in [0.3, 0.4) is 0 Å². The lowest BCUT2D eigenvalue weighted by Gasteiger charge is -2.28. The molecule has 1 fully saturated rings. The standard InChI is InChI=1S/C27H41N4O9PS2/c1-8-27(19-10-9-17-22(28)29-16-30-31(17)19)21(33)20(32)18(40-27)15-39-41(36,37-11-13-42-23(34)25(2,3)4)38-12-14-43-24(35)26(5,6)7/h8-10,16,18,20-21,32-33H,1,11-15H2,2-7H3,(H2,28,29,30)/t18-,20-,21-,27+/m1/s1. The minimum atomic E-state index is -4.27. The van der Waals surface area contributed by atoms with Gasteiger partial charge in [-0.2, -0.15) is 5.10 Å². The van der Waals surface area contributed by atoms with E-state index in [0.717, 1.165) is 23.5 Å². The first-order valence-corrected chi connectivity index (χ1v) is 17.0. The van der Waals surface area contributed by atoms with E-state index in [2.05, 4.69) is 16.7 Å². The second-order valence-electron chi connectivity index (χ2n) is 11.9. The molecule has 1 aliphatic heterocycles. The fraction of sp³-hybridized carbons (Fsp3) is 0.630. The number of ether oxygens (including phenoxy) is 1. The van der Waals surface area contributed by atoms with Crippen molar-refractivity contribution >= 4 is 52.9 Å². The Labute approximate surface area is 259 Å². The number of rotatable bonds is 13. The highest BCUT2D eigenvalue weighted by molar-refractivity contribution is 8.14. The number of nitrogens with zero attached hydrogens (tertiary/aromatic N) is 3. The van der Waals surface area contributed by atoms with Crippen LogP contribution in [-0.2, 0) is 38.1 Å². The van der Waals surface area contributed by atoms with Crippen molar-refractivity contribution in [2.45, 2.75) is 65.5 Å². The minimum absolute atomic E-state index is 0.0629. The van der Waals surface area contributed by atoms with Crippen molar-refractivity contribution < 1.29 is 42.7 Å². The molecule has 0 saturated carbocycles. The van der Waals surface area contributed by atoms with Gasteiger partial charge < -0.3 is 20.7 Å². The van der Waals surface area contributed by atoms with Crippen LogP contribution in [0, 0.1) is 10.8 Å². The fourth-order valence-electron chi connectivity index (χ4n) is 3.99. The van der Waals surface area contributed by atoms with Crippen LogP contribution in [0.25, 0.3) is 5.52 Å². The van der Waals surface area contributed by atoms with E-state index < -0.39 is 49.2 Å². The van der Waals surface area contributed by atoms with E-state index >= 15 is 0 Å². The van der Waals surface area contributed by atoms with Crippen molar-refractivity contribution in [3.63, 3.8) is 0 Å². The number of phosphoric ester groups is 1. The molecule has 240 valence electrons. The molecule has 2 aromatic rings. The Morgan fingerprint density at radius 1 is 1.09 bits per heavy atom. The number of aromatic nitrogens is 3. The molecule has 3 heterocycles. The molecule has 1 saturated heterocycles. The van der Waals surface area contributed by atoms with Crippen LogP contribution >= 0.6 is 31.3 Å². The Kier molecular flexibility index (Phi) is 11.7. The summed E-state index contributed by atoms with van der Waals surface area (Å²) in [6.07, 6.45) is -1.61. The maximum absolute atomic E-state index is 13.6. The molecule has 13 nitrogen and oxygen atoms in total. The minimum Gasteiger partial charge on any atom is -0.387 e. The summed E-state index contributed by atoms with van der Waals surface area (Å²) in [5, 5.41) is 26.1. The maximum atomic E-state index is 13.6. The second kappa shape index (κ2) is 14.1. The predicted octanol–water partition coefficient (Wildman–Crippen LogP) is 3.58. The van der Waals surface area contributed by atoms with Crippen molar-refractivity contribution in [1.29, 1.82) is 0 Å². The highest BCUT2D eigenvalue weighted by atomic mass is 32.2. The summed E-state index contributed by atoms with van der Waals surface area (Å²) in [5.74, 6) is 0.585. The van der Waals surface area contributed by atoms with Gasteiger partial charge in [-0.05, 0) is 12.1 Å². The van der Waals surface area contributed by atoms with Gasteiger partial charge in [-0.1, -0.05) is 77.7 Å². The number of nitrogen functional groups attached to an aromatic ring is 1. The zero-order valence-electron chi connectivity index (χ0n) is 25.2. The SMILES string of the molecule is C=C[C@@]1(c2ccc3c(N)ncnn23)O[C@H](COP(=O)(OCCSC(=O)C(C)(C)C)OCCSC(=O)C(C)(C)C)[C@@H](O)[C@H]1O. The summed E-state index contributed by atoms with van der Waals surface area (Å²) in [5.41, 5.74) is 3.99.